The number of furan rings is 1. The van der Waals surface area contributed by atoms with Crippen molar-refractivity contribution in [1.82, 2.24) is 4.90 Å². The summed E-state index contributed by atoms with van der Waals surface area (Å²) in [6.07, 6.45) is 4.67. The molecule has 17 heavy (non-hydrogen) atoms. The highest BCUT2D eigenvalue weighted by molar-refractivity contribution is 5.76. The Hall–Kier alpha value is -1.29. The van der Waals surface area contributed by atoms with Gasteiger partial charge in [0.05, 0.1) is 6.26 Å². The van der Waals surface area contributed by atoms with E-state index >= 15 is 0 Å². The van der Waals surface area contributed by atoms with Gasteiger partial charge in [-0.1, -0.05) is 0 Å². The van der Waals surface area contributed by atoms with Gasteiger partial charge in [-0.15, -0.1) is 0 Å². The number of piperidine rings is 1. The first-order chi connectivity index (χ1) is 8.16. The summed E-state index contributed by atoms with van der Waals surface area (Å²) in [5.41, 5.74) is 5.89. The maximum atomic E-state index is 12.1. The van der Waals surface area contributed by atoms with Crippen LogP contribution in [0.4, 0.5) is 0 Å². The SMILES string of the molecule is CC1CC(N)CCN1C(=O)CCc1ccco1. The van der Waals surface area contributed by atoms with Crippen LogP contribution in [0.25, 0.3) is 0 Å². The van der Waals surface area contributed by atoms with E-state index in [0.29, 0.717) is 12.8 Å². The van der Waals surface area contributed by atoms with Crippen molar-refractivity contribution >= 4 is 5.91 Å². The number of aryl methyl sites for hydroxylation is 1. The highest BCUT2D eigenvalue weighted by Crippen LogP contribution is 2.17. The molecule has 0 aromatic carbocycles. The molecule has 0 aliphatic carbocycles. The van der Waals surface area contributed by atoms with Crippen molar-refractivity contribution in [3.8, 4) is 0 Å². The number of nitrogens with two attached hydrogens (primary N) is 1. The third-order valence-electron chi connectivity index (χ3n) is 3.40. The number of nitrogens with zero attached hydrogens (tertiary/aromatic N) is 1. The molecule has 2 rings (SSSR count). The minimum Gasteiger partial charge on any atom is -0.469 e. The quantitative estimate of drug-likeness (QED) is 0.866. The molecule has 2 atom stereocenters. The average Bonchev–Trinajstić information content (AvgIpc) is 2.78. The van der Waals surface area contributed by atoms with Crippen LogP contribution >= 0.6 is 0 Å². The Morgan fingerprint density at radius 2 is 2.47 bits per heavy atom. The summed E-state index contributed by atoms with van der Waals surface area (Å²) in [5.74, 6) is 1.08. The summed E-state index contributed by atoms with van der Waals surface area (Å²) in [4.78, 5) is 14.0. The molecule has 2 N–H and O–H groups in total. The van der Waals surface area contributed by atoms with Gasteiger partial charge in [-0.3, -0.25) is 4.79 Å². The predicted molar refractivity (Wildman–Crippen MR) is 65.4 cm³/mol. The van der Waals surface area contributed by atoms with E-state index < -0.39 is 0 Å². The minimum atomic E-state index is 0.209. The second-order valence-corrected chi connectivity index (χ2v) is 4.80. The fourth-order valence-corrected chi connectivity index (χ4v) is 2.41. The van der Waals surface area contributed by atoms with Crippen molar-refractivity contribution < 1.29 is 9.21 Å². The van der Waals surface area contributed by atoms with Gasteiger partial charge in [-0.2, -0.15) is 0 Å². The fourth-order valence-electron chi connectivity index (χ4n) is 2.41. The number of hydrogen-bond acceptors (Lipinski definition) is 3. The Bertz CT molecular complexity index is 362. The Balaban J connectivity index is 1.83. The van der Waals surface area contributed by atoms with Gasteiger partial charge in [-0.25, -0.2) is 0 Å². The molecular weight excluding hydrogens is 216 g/mol. The van der Waals surface area contributed by atoms with E-state index in [1.54, 1.807) is 6.26 Å². The van der Waals surface area contributed by atoms with E-state index in [1.165, 1.54) is 0 Å². The summed E-state index contributed by atoms with van der Waals surface area (Å²) in [5, 5.41) is 0. The van der Waals surface area contributed by atoms with Crippen LogP contribution in [0, 0.1) is 0 Å². The first kappa shape index (κ1) is 12.2. The van der Waals surface area contributed by atoms with E-state index in [1.807, 2.05) is 17.0 Å². The smallest absolute Gasteiger partial charge is 0.223 e. The molecule has 1 aromatic heterocycles. The highest BCUT2D eigenvalue weighted by Gasteiger charge is 2.26. The Morgan fingerprint density at radius 3 is 3.12 bits per heavy atom. The zero-order chi connectivity index (χ0) is 12.3. The van der Waals surface area contributed by atoms with Crippen molar-refractivity contribution in [2.75, 3.05) is 6.54 Å². The lowest BCUT2D eigenvalue weighted by Gasteiger charge is -2.36. The van der Waals surface area contributed by atoms with Crippen LogP contribution in [-0.4, -0.2) is 29.4 Å². The van der Waals surface area contributed by atoms with E-state index in [0.717, 1.165) is 25.1 Å². The van der Waals surface area contributed by atoms with Crippen molar-refractivity contribution in [2.24, 2.45) is 5.73 Å². The van der Waals surface area contributed by atoms with Crippen LogP contribution in [0.3, 0.4) is 0 Å². The third-order valence-corrected chi connectivity index (χ3v) is 3.40. The molecule has 4 nitrogen and oxygen atoms in total. The third kappa shape index (κ3) is 3.09. The van der Waals surface area contributed by atoms with Gasteiger partial charge in [0.2, 0.25) is 5.91 Å². The summed E-state index contributed by atoms with van der Waals surface area (Å²) >= 11 is 0. The van der Waals surface area contributed by atoms with Crippen LogP contribution < -0.4 is 5.73 Å². The Labute approximate surface area is 102 Å². The molecular formula is C13H20N2O2. The lowest BCUT2D eigenvalue weighted by Crippen LogP contribution is -2.48. The predicted octanol–water partition coefficient (Wildman–Crippen LogP) is 1.55. The molecule has 1 amide bonds. The molecule has 1 aliphatic heterocycles. The van der Waals surface area contributed by atoms with Crippen LogP contribution in [0.1, 0.15) is 31.9 Å². The average molecular weight is 236 g/mol. The molecule has 0 spiro atoms. The minimum absolute atomic E-state index is 0.209. The van der Waals surface area contributed by atoms with E-state index in [9.17, 15) is 4.79 Å². The summed E-state index contributed by atoms with van der Waals surface area (Å²) < 4.78 is 5.22. The number of hydrogen-bond donors (Lipinski definition) is 1. The largest absolute Gasteiger partial charge is 0.469 e. The second kappa shape index (κ2) is 5.36. The zero-order valence-corrected chi connectivity index (χ0v) is 10.3. The fraction of sp³-hybridized carbons (Fsp3) is 0.615. The molecule has 1 saturated heterocycles. The van der Waals surface area contributed by atoms with Gasteiger partial charge in [0.15, 0.2) is 0 Å². The van der Waals surface area contributed by atoms with E-state index in [-0.39, 0.29) is 18.0 Å². The Morgan fingerprint density at radius 1 is 1.65 bits per heavy atom. The second-order valence-electron chi connectivity index (χ2n) is 4.80. The number of carbonyl (C=O) groups excluding carboxylic acids is 1. The lowest BCUT2D eigenvalue weighted by molar-refractivity contribution is -0.134. The maximum Gasteiger partial charge on any atom is 0.223 e. The Kier molecular flexibility index (Phi) is 3.84. The standard InChI is InChI=1S/C13H20N2O2/c1-10-9-11(14)6-7-15(10)13(16)5-4-12-3-2-8-17-12/h2-3,8,10-11H,4-7,9,14H2,1H3. The first-order valence-corrected chi connectivity index (χ1v) is 6.24. The van der Waals surface area contributed by atoms with Crippen LogP contribution in [-0.2, 0) is 11.2 Å². The summed E-state index contributed by atoms with van der Waals surface area (Å²) in [7, 11) is 0. The molecule has 1 aliphatic rings. The van der Waals surface area contributed by atoms with Crippen LogP contribution in [0.15, 0.2) is 22.8 Å². The normalized spacial score (nSPS) is 24.9. The van der Waals surface area contributed by atoms with Gasteiger partial charge < -0.3 is 15.1 Å². The topological polar surface area (TPSA) is 59.5 Å². The molecule has 1 fully saturated rings. The molecule has 0 saturated carbocycles. The number of rotatable bonds is 3. The molecule has 2 heterocycles. The zero-order valence-electron chi connectivity index (χ0n) is 10.3. The molecule has 2 unspecified atom stereocenters. The number of amides is 1. The molecule has 4 heteroatoms. The molecule has 94 valence electrons. The van der Waals surface area contributed by atoms with Crippen molar-refractivity contribution in [1.29, 1.82) is 0 Å². The van der Waals surface area contributed by atoms with Crippen molar-refractivity contribution in [3.63, 3.8) is 0 Å². The van der Waals surface area contributed by atoms with Gasteiger partial charge in [-0.05, 0) is 31.9 Å². The van der Waals surface area contributed by atoms with Gasteiger partial charge in [0.25, 0.3) is 0 Å². The number of carbonyl (C=O) groups is 1. The van der Waals surface area contributed by atoms with Crippen LogP contribution in [0.2, 0.25) is 0 Å². The van der Waals surface area contributed by atoms with Crippen LogP contribution in [0.5, 0.6) is 0 Å². The monoisotopic (exact) mass is 236 g/mol. The van der Waals surface area contributed by atoms with E-state index in [2.05, 4.69) is 6.92 Å². The number of likely N-dealkylation sites (tertiary alicyclic amines) is 1. The molecule has 0 bridgehead atoms. The molecule has 0 radical (unpaired) electrons. The molecule has 1 aromatic rings. The van der Waals surface area contributed by atoms with Gasteiger partial charge in [0, 0.05) is 31.5 Å². The van der Waals surface area contributed by atoms with E-state index in [4.69, 9.17) is 10.2 Å². The summed E-state index contributed by atoms with van der Waals surface area (Å²) in [6.45, 7) is 2.86. The first-order valence-electron chi connectivity index (χ1n) is 6.24. The van der Waals surface area contributed by atoms with Crippen molar-refractivity contribution in [2.45, 2.75) is 44.7 Å². The summed E-state index contributed by atoms with van der Waals surface area (Å²) in [6, 6.07) is 4.27. The lowest BCUT2D eigenvalue weighted by atomic mass is 9.98. The van der Waals surface area contributed by atoms with Crippen molar-refractivity contribution in [3.05, 3.63) is 24.2 Å². The van der Waals surface area contributed by atoms with Gasteiger partial charge >= 0.3 is 0 Å². The highest BCUT2D eigenvalue weighted by atomic mass is 16.3. The maximum absolute atomic E-state index is 12.1. The van der Waals surface area contributed by atoms with Gasteiger partial charge in [0.1, 0.15) is 5.76 Å².